The zero-order chi connectivity index (χ0) is 20.7. The third-order valence-electron chi connectivity index (χ3n) is 6.23. The molecule has 30 heavy (non-hydrogen) atoms. The Kier molecular flexibility index (Phi) is 5.08. The monoisotopic (exact) mass is 409 g/mol. The van der Waals surface area contributed by atoms with Crippen LogP contribution >= 0.6 is 0 Å². The van der Waals surface area contributed by atoms with Crippen LogP contribution in [0.2, 0.25) is 0 Å². The van der Waals surface area contributed by atoms with Crippen LogP contribution < -0.4 is 9.64 Å². The second kappa shape index (κ2) is 7.89. The molecule has 1 amide bonds. The fraction of sp³-hybridized carbons (Fsp3) is 0.478. The molecule has 4 heterocycles. The molecule has 0 aliphatic carbocycles. The number of carbonyl (C=O) groups is 1. The standard InChI is InChI=1S/C23H27N3O4/c1-15-10-20-21(12-26(8-9-27)23(20)28)24-22(15)25-6-4-18(5-7-25)30-19-3-2-16-13-29-14-17(16)11-19/h2-3,10-11,18,27H,4-9,12-14H2,1H3. The Morgan fingerprint density at radius 1 is 1.20 bits per heavy atom. The minimum Gasteiger partial charge on any atom is -0.490 e. The zero-order valence-corrected chi connectivity index (χ0v) is 17.3. The number of hydrogen-bond donors (Lipinski definition) is 1. The number of amides is 1. The van der Waals surface area contributed by atoms with Gasteiger partial charge in [0.15, 0.2) is 0 Å². The maximum atomic E-state index is 12.5. The van der Waals surface area contributed by atoms with Gasteiger partial charge in [-0.25, -0.2) is 4.98 Å². The van der Waals surface area contributed by atoms with E-state index in [-0.39, 0.29) is 18.6 Å². The number of hydrogen-bond acceptors (Lipinski definition) is 6. The number of aryl methyl sites for hydroxylation is 1. The van der Waals surface area contributed by atoms with E-state index in [0.29, 0.717) is 31.9 Å². The smallest absolute Gasteiger partial charge is 0.256 e. The molecule has 1 aromatic heterocycles. The van der Waals surface area contributed by atoms with Gasteiger partial charge in [-0.3, -0.25) is 4.79 Å². The first-order valence-corrected chi connectivity index (χ1v) is 10.6. The van der Waals surface area contributed by atoms with Crippen LogP contribution in [0.25, 0.3) is 0 Å². The summed E-state index contributed by atoms with van der Waals surface area (Å²) in [7, 11) is 0. The van der Waals surface area contributed by atoms with E-state index >= 15 is 0 Å². The highest BCUT2D eigenvalue weighted by Gasteiger charge is 2.31. The lowest BCUT2D eigenvalue weighted by molar-refractivity contribution is 0.0745. The van der Waals surface area contributed by atoms with Crippen molar-refractivity contribution in [2.45, 2.75) is 45.6 Å². The van der Waals surface area contributed by atoms with E-state index in [1.54, 1.807) is 4.90 Å². The van der Waals surface area contributed by atoms with Crippen molar-refractivity contribution in [1.29, 1.82) is 0 Å². The summed E-state index contributed by atoms with van der Waals surface area (Å²) in [5, 5.41) is 9.17. The molecule has 0 bridgehead atoms. The van der Waals surface area contributed by atoms with Crippen LogP contribution in [-0.2, 0) is 24.5 Å². The lowest BCUT2D eigenvalue weighted by Gasteiger charge is -2.34. The number of benzene rings is 1. The Labute approximate surface area is 176 Å². The molecule has 0 unspecified atom stereocenters. The lowest BCUT2D eigenvalue weighted by Crippen LogP contribution is -2.39. The highest BCUT2D eigenvalue weighted by atomic mass is 16.5. The van der Waals surface area contributed by atoms with E-state index in [0.717, 1.165) is 48.8 Å². The first kappa shape index (κ1) is 19.3. The number of aliphatic hydroxyl groups excluding tert-OH is 1. The second-order valence-electron chi connectivity index (χ2n) is 8.30. The van der Waals surface area contributed by atoms with Crippen molar-refractivity contribution < 1.29 is 19.4 Å². The molecule has 0 saturated carbocycles. The molecule has 0 atom stereocenters. The normalized spacial score (nSPS) is 18.7. The van der Waals surface area contributed by atoms with Crippen LogP contribution in [0.4, 0.5) is 5.82 Å². The summed E-state index contributed by atoms with van der Waals surface area (Å²) in [6.45, 7) is 5.93. The topological polar surface area (TPSA) is 75.1 Å². The fourth-order valence-corrected chi connectivity index (χ4v) is 4.59. The summed E-state index contributed by atoms with van der Waals surface area (Å²) >= 11 is 0. The van der Waals surface area contributed by atoms with Crippen LogP contribution in [-0.4, -0.2) is 53.2 Å². The Balaban J connectivity index is 1.24. The van der Waals surface area contributed by atoms with Crippen molar-refractivity contribution in [3.63, 3.8) is 0 Å². The molecule has 1 fully saturated rings. The summed E-state index contributed by atoms with van der Waals surface area (Å²) in [6, 6.07) is 8.20. The van der Waals surface area contributed by atoms with Crippen molar-refractivity contribution in [1.82, 2.24) is 9.88 Å². The van der Waals surface area contributed by atoms with Crippen molar-refractivity contribution in [2.24, 2.45) is 0 Å². The van der Waals surface area contributed by atoms with Crippen LogP contribution in [0.3, 0.4) is 0 Å². The average molecular weight is 409 g/mol. The van der Waals surface area contributed by atoms with Gasteiger partial charge in [0, 0.05) is 32.5 Å². The molecule has 5 rings (SSSR count). The number of carbonyl (C=O) groups excluding carboxylic acids is 1. The number of pyridine rings is 1. The predicted molar refractivity (Wildman–Crippen MR) is 112 cm³/mol. The Bertz CT molecular complexity index is 969. The maximum Gasteiger partial charge on any atom is 0.256 e. The zero-order valence-electron chi connectivity index (χ0n) is 17.3. The van der Waals surface area contributed by atoms with Gasteiger partial charge >= 0.3 is 0 Å². The maximum absolute atomic E-state index is 12.5. The van der Waals surface area contributed by atoms with Gasteiger partial charge in [0.1, 0.15) is 17.7 Å². The molecule has 0 radical (unpaired) electrons. The molecule has 0 spiro atoms. The fourth-order valence-electron chi connectivity index (χ4n) is 4.59. The van der Waals surface area contributed by atoms with Crippen LogP contribution in [0.1, 0.15) is 45.6 Å². The van der Waals surface area contributed by atoms with Gasteiger partial charge in [-0.2, -0.15) is 0 Å². The quantitative estimate of drug-likeness (QED) is 0.818. The molecular weight excluding hydrogens is 382 g/mol. The largest absolute Gasteiger partial charge is 0.490 e. The van der Waals surface area contributed by atoms with Crippen LogP contribution in [0.5, 0.6) is 5.75 Å². The summed E-state index contributed by atoms with van der Waals surface area (Å²) in [5.41, 5.74) is 4.99. The van der Waals surface area contributed by atoms with E-state index in [4.69, 9.17) is 14.5 Å². The number of ether oxygens (including phenoxy) is 2. The molecule has 3 aliphatic rings. The first-order chi connectivity index (χ1) is 14.6. The molecular formula is C23H27N3O4. The van der Waals surface area contributed by atoms with Crippen molar-refractivity contribution in [3.05, 3.63) is 52.2 Å². The SMILES string of the molecule is Cc1cc2c(nc1N1CCC(Oc3ccc4c(c3)COC4)CC1)CN(CCO)C2=O. The third kappa shape index (κ3) is 3.52. The van der Waals surface area contributed by atoms with E-state index < -0.39 is 0 Å². The minimum atomic E-state index is -0.0342. The summed E-state index contributed by atoms with van der Waals surface area (Å²) in [4.78, 5) is 21.2. The Morgan fingerprint density at radius 2 is 2.00 bits per heavy atom. The molecule has 2 aromatic rings. The molecule has 3 aliphatic heterocycles. The van der Waals surface area contributed by atoms with Gasteiger partial charge in [0.25, 0.3) is 5.91 Å². The summed E-state index contributed by atoms with van der Waals surface area (Å²) in [6.07, 6.45) is 2.06. The molecule has 7 heteroatoms. The van der Waals surface area contributed by atoms with Gasteiger partial charge in [-0.05, 0) is 41.8 Å². The number of aromatic nitrogens is 1. The average Bonchev–Trinajstić information content (AvgIpc) is 3.33. The van der Waals surface area contributed by atoms with Gasteiger partial charge in [-0.15, -0.1) is 0 Å². The minimum absolute atomic E-state index is 0.0314. The van der Waals surface area contributed by atoms with Gasteiger partial charge in [-0.1, -0.05) is 6.07 Å². The second-order valence-corrected chi connectivity index (χ2v) is 8.30. The highest BCUT2D eigenvalue weighted by molar-refractivity contribution is 5.98. The highest BCUT2D eigenvalue weighted by Crippen LogP contribution is 2.30. The van der Waals surface area contributed by atoms with Gasteiger partial charge < -0.3 is 24.4 Å². The Hall–Kier alpha value is -2.64. The number of anilines is 1. The van der Waals surface area contributed by atoms with Crippen molar-refractivity contribution in [2.75, 3.05) is 31.1 Å². The number of β-amino-alcohol motifs (C(OH)–C–C–N with tert-alkyl or cyclic N) is 1. The number of piperidine rings is 1. The lowest BCUT2D eigenvalue weighted by atomic mass is 10.1. The van der Waals surface area contributed by atoms with Crippen LogP contribution in [0.15, 0.2) is 24.3 Å². The number of aliphatic hydroxyl groups is 1. The molecule has 1 saturated heterocycles. The van der Waals surface area contributed by atoms with Crippen molar-refractivity contribution in [3.8, 4) is 5.75 Å². The van der Waals surface area contributed by atoms with Gasteiger partial charge in [0.2, 0.25) is 0 Å². The predicted octanol–water partition coefficient (Wildman–Crippen LogP) is 2.42. The Morgan fingerprint density at radius 3 is 2.80 bits per heavy atom. The number of fused-ring (bicyclic) bond motifs is 2. The van der Waals surface area contributed by atoms with Gasteiger partial charge in [0.05, 0.1) is 37.6 Å². The summed E-state index contributed by atoms with van der Waals surface area (Å²) < 4.78 is 11.7. The van der Waals surface area contributed by atoms with E-state index in [2.05, 4.69) is 17.0 Å². The molecule has 158 valence electrons. The van der Waals surface area contributed by atoms with Crippen LogP contribution in [0, 0.1) is 6.92 Å². The summed E-state index contributed by atoms with van der Waals surface area (Å²) in [5.74, 6) is 1.85. The van der Waals surface area contributed by atoms with Crippen molar-refractivity contribution >= 4 is 11.7 Å². The molecule has 7 nitrogen and oxygen atoms in total. The van der Waals surface area contributed by atoms with E-state index in [1.165, 1.54) is 11.1 Å². The van der Waals surface area contributed by atoms with E-state index in [1.807, 2.05) is 19.1 Å². The number of rotatable bonds is 5. The van der Waals surface area contributed by atoms with E-state index in [9.17, 15) is 9.90 Å². The molecule has 1 N–H and O–H groups in total. The third-order valence-corrected chi connectivity index (χ3v) is 6.23. The first-order valence-electron chi connectivity index (χ1n) is 10.6. The number of nitrogens with zero attached hydrogens (tertiary/aromatic N) is 3. The molecule has 1 aromatic carbocycles.